The minimum atomic E-state index is 0. The van der Waals surface area contributed by atoms with Gasteiger partial charge in [0.2, 0.25) is 0 Å². The third kappa shape index (κ3) is 1.45. The summed E-state index contributed by atoms with van der Waals surface area (Å²) in [4.78, 5) is 9.98. The largest absolute Gasteiger partial charge is 0.435 e. The molecule has 0 amide bonds. The van der Waals surface area contributed by atoms with E-state index in [4.69, 9.17) is 5.73 Å². The van der Waals surface area contributed by atoms with Crippen molar-refractivity contribution in [3.63, 3.8) is 0 Å². The molecule has 0 unspecified atom stereocenters. The van der Waals surface area contributed by atoms with Gasteiger partial charge in [-0.05, 0) is 6.20 Å². The van der Waals surface area contributed by atoms with Gasteiger partial charge in [0.15, 0.2) is 0 Å². The van der Waals surface area contributed by atoms with E-state index in [1.165, 1.54) is 10.9 Å². The van der Waals surface area contributed by atoms with Crippen LogP contribution in [0.2, 0.25) is 0 Å². The summed E-state index contributed by atoms with van der Waals surface area (Å²) >= 11 is 0. The number of nitrogen functional groups attached to an aromatic ring is 1. The van der Waals surface area contributed by atoms with E-state index in [9.17, 15) is 4.79 Å². The first-order valence-corrected chi connectivity index (χ1v) is 2.41. The maximum absolute atomic E-state index is 9.98. The SMILES string of the molecule is Cn1ncc([C-]=O)c1N.[W]. The van der Waals surface area contributed by atoms with Crippen LogP contribution in [0.3, 0.4) is 0 Å². The van der Waals surface area contributed by atoms with E-state index in [0.717, 1.165) is 0 Å². The Bertz CT molecular complexity index is 233. The van der Waals surface area contributed by atoms with Crippen LogP contribution in [0, 0.1) is 0 Å². The Morgan fingerprint density at radius 2 is 2.40 bits per heavy atom. The molecule has 0 saturated heterocycles. The minimum Gasteiger partial charge on any atom is -0.435 e. The molecule has 2 N–H and O–H groups in total. The van der Waals surface area contributed by atoms with E-state index in [1.807, 2.05) is 0 Å². The summed E-state index contributed by atoms with van der Waals surface area (Å²) in [7, 11) is 1.66. The summed E-state index contributed by atoms with van der Waals surface area (Å²) in [6.07, 6.45) is 3.04. The van der Waals surface area contributed by atoms with E-state index >= 15 is 0 Å². The van der Waals surface area contributed by atoms with Gasteiger partial charge < -0.3 is 15.2 Å². The van der Waals surface area contributed by atoms with Gasteiger partial charge in [-0.15, -0.1) is 0 Å². The molecule has 0 bridgehead atoms. The zero-order valence-electron chi connectivity index (χ0n) is 5.37. The molecule has 4 nitrogen and oxygen atoms in total. The molecule has 54 valence electrons. The molecule has 0 radical (unpaired) electrons. The molecule has 0 saturated carbocycles. The average Bonchev–Trinajstić information content (AvgIpc) is 2.15. The van der Waals surface area contributed by atoms with E-state index in [1.54, 1.807) is 13.3 Å². The molecule has 0 atom stereocenters. The number of aromatic nitrogens is 2. The van der Waals surface area contributed by atoms with Gasteiger partial charge in [0.05, 0.1) is 6.29 Å². The molecular weight excluding hydrogens is 302 g/mol. The van der Waals surface area contributed by atoms with Crippen molar-refractivity contribution in [1.29, 1.82) is 0 Å². The standard InChI is InChI=1S/C5H6N3O.W/c1-8-5(6)4(3-9)2-7-8;/h2H,6H2,1H3;/q-1;. The van der Waals surface area contributed by atoms with E-state index in [2.05, 4.69) is 5.10 Å². The predicted molar refractivity (Wildman–Crippen MR) is 32.4 cm³/mol. The maximum atomic E-state index is 9.98. The maximum Gasteiger partial charge on any atom is 0.0677 e. The second-order valence-corrected chi connectivity index (χ2v) is 1.67. The Labute approximate surface area is 72.7 Å². The van der Waals surface area contributed by atoms with E-state index in [0.29, 0.717) is 11.4 Å². The van der Waals surface area contributed by atoms with Crippen LogP contribution < -0.4 is 5.73 Å². The van der Waals surface area contributed by atoms with Crippen LogP contribution in [0.4, 0.5) is 5.82 Å². The summed E-state index contributed by atoms with van der Waals surface area (Å²) in [6, 6.07) is 0. The first kappa shape index (κ1) is 9.37. The monoisotopic (exact) mass is 308 g/mol. The number of nitrogens with two attached hydrogens (primary N) is 1. The Morgan fingerprint density at radius 3 is 2.60 bits per heavy atom. The van der Waals surface area contributed by atoms with Crippen molar-refractivity contribution in [3.05, 3.63) is 11.8 Å². The molecule has 1 heterocycles. The van der Waals surface area contributed by atoms with Gasteiger partial charge in [0.25, 0.3) is 0 Å². The van der Waals surface area contributed by atoms with Gasteiger partial charge >= 0.3 is 0 Å². The van der Waals surface area contributed by atoms with E-state index < -0.39 is 0 Å². The number of carbonyl (C=O) groups excluding carboxylic acids is 1. The van der Waals surface area contributed by atoms with Crippen LogP contribution in [0.5, 0.6) is 0 Å². The fourth-order valence-electron chi connectivity index (χ4n) is 0.526. The molecular formula is C5H6N3OW-. The van der Waals surface area contributed by atoms with Crippen molar-refractivity contribution in [1.82, 2.24) is 9.78 Å². The molecule has 0 fully saturated rings. The topological polar surface area (TPSA) is 60.9 Å². The fraction of sp³-hybridized carbons (Fsp3) is 0.200. The molecule has 5 heteroatoms. The van der Waals surface area contributed by atoms with Crippen molar-refractivity contribution < 1.29 is 25.9 Å². The zero-order chi connectivity index (χ0) is 6.85. The Balaban J connectivity index is 0.000000810. The fourth-order valence-corrected chi connectivity index (χ4v) is 0.526. The van der Waals surface area contributed by atoms with Crippen LogP contribution in [-0.4, -0.2) is 16.1 Å². The van der Waals surface area contributed by atoms with Crippen molar-refractivity contribution in [3.8, 4) is 0 Å². The van der Waals surface area contributed by atoms with Gasteiger partial charge in [0, 0.05) is 33.9 Å². The number of hydrogen-bond acceptors (Lipinski definition) is 3. The van der Waals surface area contributed by atoms with Crippen LogP contribution in [0.1, 0.15) is 5.56 Å². The van der Waals surface area contributed by atoms with Gasteiger partial charge in [-0.2, -0.15) is 0 Å². The number of nitrogens with zero attached hydrogens (tertiary/aromatic N) is 2. The Kier molecular flexibility index (Phi) is 3.29. The first-order chi connectivity index (χ1) is 4.25. The Hall–Kier alpha value is -0.632. The van der Waals surface area contributed by atoms with Gasteiger partial charge in [0.1, 0.15) is 0 Å². The molecule has 0 aliphatic rings. The van der Waals surface area contributed by atoms with Crippen LogP contribution in [0.15, 0.2) is 6.20 Å². The summed E-state index contributed by atoms with van der Waals surface area (Å²) in [5.74, 6) is 0.352. The Morgan fingerprint density at radius 1 is 1.80 bits per heavy atom. The van der Waals surface area contributed by atoms with Crippen molar-refractivity contribution >= 4 is 12.1 Å². The van der Waals surface area contributed by atoms with Crippen molar-refractivity contribution in [2.75, 3.05) is 5.73 Å². The number of rotatable bonds is 1. The smallest absolute Gasteiger partial charge is 0.0677 e. The molecule has 10 heavy (non-hydrogen) atoms. The summed E-state index contributed by atoms with van der Waals surface area (Å²) in [6.45, 7) is 0. The third-order valence-corrected chi connectivity index (χ3v) is 1.09. The van der Waals surface area contributed by atoms with Crippen molar-refractivity contribution in [2.24, 2.45) is 7.05 Å². The van der Waals surface area contributed by atoms with Gasteiger partial charge in [-0.25, -0.2) is 0 Å². The molecule has 0 spiro atoms. The second kappa shape index (κ2) is 3.52. The second-order valence-electron chi connectivity index (χ2n) is 1.67. The van der Waals surface area contributed by atoms with Crippen LogP contribution in [0.25, 0.3) is 0 Å². The summed E-state index contributed by atoms with van der Waals surface area (Å²) < 4.78 is 1.42. The summed E-state index contributed by atoms with van der Waals surface area (Å²) in [5.41, 5.74) is 5.67. The van der Waals surface area contributed by atoms with E-state index in [-0.39, 0.29) is 21.1 Å². The number of aryl methyl sites for hydroxylation is 1. The molecule has 1 aromatic rings. The normalized spacial score (nSPS) is 8.50. The quantitative estimate of drug-likeness (QED) is 0.709. The van der Waals surface area contributed by atoms with Gasteiger partial charge in [-0.1, -0.05) is 5.56 Å². The van der Waals surface area contributed by atoms with Crippen LogP contribution in [-0.2, 0) is 32.9 Å². The molecule has 0 aliphatic carbocycles. The number of anilines is 1. The first-order valence-electron chi connectivity index (χ1n) is 2.41. The predicted octanol–water partition coefficient (Wildman–Crippen LogP) is -0.542. The molecule has 0 aliphatic heterocycles. The molecule has 1 rings (SSSR count). The average molecular weight is 308 g/mol. The third-order valence-electron chi connectivity index (χ3n) is 1.09. The number of hydrogen-bond donors (Lipinski definition) is 1. The minimum absolute atomic E-state index is 0. The summed E-state index contributed by atoms with van der Waals surface area (Å²) in [5, 5.41) is 3.72. The molecule has 0 aromatic carbocycles. The van der Waals surface area contributed by atoms with Crippen molar-refractivity contribution in [2.45, 2.75) is 0 Å². The van der Waals surface area contributed by atoms with Crippen LogP contribution >= 0.6 is 0 Å². The zero-order valence-corrected chi connectivity index (χ0v) is 8.30. The van der Waals surface area contributed by atoms with Gasteiger partial charge in [-0.3, -0.25) is 5.10 Å². The molecule has 1 aromatic heterocycles.